The summed E-state index contributed by atoms with van der Waals surface area (Å²) in [5, 5.41) is 11.4. The molecular weight excluding hydrogens is 310 g/mol. The Bertz CT molecular complexity index is 835. The summed E-state index contributed by atoms with van der Waals surface area (Å²) in [5.41, 5.74) is 1.07. The second kappa shape index (κ2) is 5.87. The number of rotatable bonds is 4. The normalized spacial score (nSPS) is 15.6. The molecule has 0 amide bonds. The van der Waals surface area contributed by atoms with Gasteiger partial charge in [-0.25, -0.2) is 0 Å². The van der Waals surface area contributed by atoms with Crippen LogP contribution in [0.25, 0.3) is 6.08 Å². The van der Waals surface area contributed by atoms with E-state index in [1.54, 1.807) is 0 Å². The minimum atomic E-state index is -0.742. The second-order valence-corrected chi connectivity index (χ2v) is 7.02. The monoisotopic (exact) mass is 321 g/mol. The maximum absolute atomic E-state index is 10.3. The van der Waals surface area contributed by atoms with E-state index in [0.29, 0.717) is 10.8 Å². The van der Waals surface area contributed by atoms with Crippen molar-refractivity contribution in [3.05, 3.63) is 72.9 Å². The fraction of sp³-hybridized carbons (Fsp3) is 0.133. The highest BCUT2D eigenvalue weighted by Crippen LogP contribution is 2.35. The van der Waals surface area contributed by atoms with E-state index in [1.807, 2.05) is 36.4 Å². The largest absolute Gasteiger partial charge is 0.313 e. The van der Waals surface area contributed by atoms with Crippen LogP contribution in [0.2, 0.25) is 5.02 Å². The van der Waals surface area contributed by atoms with Gasteiger partial charge in [0, 0.05) is 20.2 Å². The summed E-state index contributed by atoms with van der Waals surface area (Å²) in [7, 11) is -0.239. The molecule has 0 saturated carbocycles. The molecule has 108 valence electrons. The van der Waals surface area contributed by atoms with Gasteiger partial charge in [0.1, 0.15) is 6.61 Å². The molecule has 2 aromatic rings. The molecule has 1 unspecified atom stereocenters. The summed E-state index contributed by atoms with van der Waals surface area (Å²) in [6, 6.07) is 13.9. The summed E-state index contributed by atoms with van der Waals surface area (Å²) >= 11 is 6.07. The molecule has 2 aromatic carbocycles. The number of hydrogen-bond donors (Lipinski definition) is 0. The van der Waals surface area contributed by atoms with Gasteiger partial charge in [0.05, 0.1) is 0 Å². The van der Waals surface area contributed by atoms with Crippen molar-refractivity contribution in [1.29, 1.82) is 0 Å². The molecule has 0 spiro atoms. The van der Waals surface area contributed by atoms with Crippen molar-refractivity contribution >= 4 is 28.2 Å². The lowest BCUT2D eigenvalue weighted by Crippen LogP contribution is -2.11. The van der Waals surface area contributed by atoms with Gasteiger partial charge in [-0.05, 0) is 41.1 Å². The van der Waals surface area contributed by atoms with Crippen molar-refractivity contribution in [3.8, 4) is 0 Å². The van der Waals surface area contributed by atoms with Gasteiger partial charge < -0.3 is 4.84 Å². The van der Waals surface area contributed by atoms with E-state index < -0.39 is 5.09 Å². The molecular formula is C15H12ClNO3S. The average molecular weight is 322 g/mol. The third kappa shape index (κ3) is 2.94. The van der Waals surface area contributed by atoms with Crippen LogP contribution in [0.5, 0.6) is 0 Å². The molecule has 0 bridgehead atoms. The zero-order valence-corrected chi connectivity index (χ0v) is 12.6. The van der Waals surface area contributed by atoms with Crippen LogP contribution in [-0.4, -0.2) is 17.4 Å². The van der Waals surface area contributed by atoms with Crippen LogP contribution >= 0.6 is 22.1 Å². The van der Waals surface area contributed by atoms with Gasteiger partial charge in [0.15, 0.2) is 0 Å². The molecule has 0 aromatic heterocycles. The molecule has 1 atom stereocenters. The zero-order chi connectivity index (χ0) is 14.8. The van der Waals surface area contributed by atoms with E-state index in [9.17, 15) is 10.1 Å². The molecule has 4 nitrogen and oxygen atoms in total. The SMILES string of the molecule is O=[N+]([O-])OCCS1=c2ccccc2=Cc2cc(Cl)ccc21. The van der Waals surface area contributed by atoms with Gasteiger partial charge in [0.2, 0.25) is 0 Å². The first-order chi connectivity index (χ1) is 10.1. The highest BCUT2D eigenvalue weighted by atomic mass is 35.5. The van der Waals surface area contributed by atoms with Crippen LogP contribution in [0.15, 0.2) is 47.4 Å². The Morgan fingerprint density at radius 3 is 2.86 bits per heavy atom. The first-order valence-electron chi connectivity index (χ1n) is 6.37. The number of hydrogen-bond acceptors (Lipinski definition) is 3. The van der Waals surface area contributed by atoms with E-state index >= 15 is 0 Å². The fourth-order valence-corrected chi connectivity index (χ4v) is 4.77. The molecule has 0 radical (unpaired) electrons. The molecule has 6 heteroatoms. The number of nitrogens with zero attached hydrogens (tertiary/aromatic N) is 1. The second-order valence-electron chi connectivity index (χ2n) is 4.52. The molecule has 0 aliphatic carbocycles. The number of benzene rings is 2. The van der Waals surface area contributed by atoms with Crippen molar-refractivity contribution in [3.63, 3.8) is 0 Å². The van der Waals surface area contributed by atoms with Gasteiger partial charge in [-0.3, -0.25) is 0 Å². The van der Waals surface area contributed by atoms with Crippen molar-refractivity contribution in [2.45, 2.75) is 4.90 Å². The zero-order valence-electron chi connectivity index (χ0n) is 11.0. The van der Waals surface area contributed by atoms with Gasteiger partial charge >= 0.3 is 0 Å². The average Bonchev–Trinajstić information content (AvgIpc) is 2.46. The van der Waals surface area contributed by atoms with Gasteiger partial charge in [0.25, 0.3) is 5.09 Å². The Kier molecular flexibility index (Phi) is 3.94. The van der Waals surface area contributed by atoms with Crippen molar-refractivity contribution in [2.24, 2.45) is 0 Å². The van der Waals surface area contributed by atoms with Gasteiger partial charge in [-0.1, -0.05) is 29.8 Å². The van der Waals surface area contributed by atoms with Crippen LogP contribution in [-0.2, 0) is 4.84 Å². The Labute approximate surface area is 128 Å². The maximum Gasteiger partial charge on any atom is 0.294 e. The third-order valence-electron chi connectivity index (χ3n) is 3.22. The number of halogens is 1. The van der Waals surface area contributed by atoms with Crippen LogP contribution in [0.3, 0.4) is 0 Å². The van der Waals surface area contributed by atoms with Crippen LogP contribution < -0.4 is 5.22 Å². The lowest BCUT2D eigenvalue weighted by Gasteiger charge is -2.17. The Balaban J connectivity index is 2.12. The quantitative estimate of drug-likeness (QED) is 0.493. The van der Waals surface area contributed by atoms with Crippen LogP contribution in [0.4, 0.5) is 0 Å². The molecule has 1 aliphatic rings. The smallest absolute Gasteiger partial charge is 0.294 e. The Hall–Kier alpha value is -1.85. The predicted octanol–water partition coefficient (Wildman–Crippen LogP) is 3.27. The maximum atomic E-state index is 10.3. The number of fused-ring (bicyclic) bond motifs is 2. The van der Waals surface area contributed by atoms with Gasteiger partial charge in [-0.15, -0.1) is 20.6 Å². The first kappa shape index (κ1) is 14.1. The lowest BCUT2D eigenvalue weighted by molar-refractivity contribution is -0.756. The molecule has 21 heavy (non-hydrogen) atoms. The van der Waals surface area contributed by atoms with E-state index in [0.717, 1.165) is 15.7 Å². The minimum absolute atomic E-state index is 0.0898. The molecule has 1 aliphatic heterocycles. The van der Waals surface area contributed by atoms with Crippen LogP contribution in [0.1, 0.15) is 5.56 Å². The summed E-state index contributed by atoms with van der Waals surface area (Å²) < 4.78 is 1.19. The van der Waals surface area contributed by atoms with Gasteiger partial charge in [-0.2, -0.15) is 0 Å². The summed E-state index contributed by atoms with van der Waals surface area (Å²) in [6.45, 7) is 0.0898. The van der Waals surface area contributed by atoms with E-state index in [4.69, 9.17) is 11.6 Å². The topological polar surface area (TPSA) is 52.4 Å². The van der Waals surface area contributed by atoms with Crippen LogP contribution in [0, 0.1) is 14.6 Å². The van der Waals surface area contributed by atoms with Crippen molar-refractivity contribution in [2.75, 3.05) is 12.4 Å². The Morgan fingerprint density at radius 1 is 1.24 bits per heavy atom. The summed E-state index contributed by atoms with van der Waals surface area (Å²) in [4.78, 5) is 16.0. The van der Waals surface area contributed by atoms with E-state index in [1.165, 1.54) is 4.51 Å². The molecule has 0 saturated heterocycles. The highest BCUT2D eigenvalue weighted by Gasteiger charge is 2.12. The minimum Gasteiger partial charge on any atom is -0.313 e. The predicted molar refractivity (Wildman–Crippen MR) is 83.6 cm³/mol. The highest BCUT2D eigenvalue weighted by molar-refractivity contribution is 8.09. The van der Waals surface area contributed by atoms with Crippen molar-refractivity contribution in [1.82, 2.24) is 0 Å². The first-order valence-corrected chi connectivity index (χ1v) is 8.14. The molecule has 1 heterocycles. The fourth-order valence-electron chi connectivity index (χ4n) is 2.38. The molecule has 0 N–H and O–H groups in total. The van der Waals surface area contributed by atoms with E-state index in [2.05, 4.69) is 17.0 Å². The summed E-state index contributed by atoms with van der Waals surface area (Å²) in [6.07, 6.45) is 2.11. The summed E-state index contributed by atoms with van der Waals surface area (Å²) in [5.74, 6) is 0.584. The Morgan fingerprint density at radius 2 is 2.05 bits per heavy atom. The van der Waals surface area contributed by atoms with Crippen molar-refractivity contribution < 1.29 is 9.92 Å². The molecule has 0 fully saturated rings. The lowest BCUT2D eigenvalue weighted by atomic mass is 10.1. The third-order valence-corrected chi connectivity index (χ3v) is 5.83. The standard InChI is InChI=1S/C15H12ClNO3S/c16-13-5-6-15-12(10-13)9-11-3-1-2-4-14(11)21(15)8-7-20-17(18)19/h1-6,9-10H,7-8H2. The molecule has 3 rings (SSSR count). The van der Waals surface area contributed by atoms with E-state index in [-0.39, 0.29) is 17.1 Å².